The molecule has 1 aliphatic heterocycles. The summed E-state index contributed by atoms with van der Waals surface area (Å²) < 4.78 is 32.2. The van der Waals surface area contributed by atoms with E-state index in [-0.39, 0.29) is 5.75 Å². The van der Waals surface area contributed by atoms with Gasteiger partial charge in [0.25, 0.3) is 0 Å². The van der Waals surface area contributed by atoms with Crippen molar-refractivity contribution in [2.75, 3.05) is 13.2 Å². The zero-order valence-electron chi connectivity index (χ0n) is 16.5. The fourth-order valence-electron chi connectivity index (χ4n) is 3.42. The molecule has 0 bridgehead atoms. The van der Waals surface area contributed by atoms with Crippen LogP contribution in [0.2, 0.25) is 0 Å². The summed E-state index contributed by atoms with van der Waals surface area (Å²) in [6.45, 7) is 0.823. The molecule has 29 heavy (non-hydrogen) atoms. The highest BCUT2D eigenvalue weighted by molar-refractivity contribution is 7.88. The maximum atomic E-state index is 12.9. The molecule has 1 N–H and O–H groups in total. The molecule has 3 rings (SSSR count). The van der Waals surface area contributed by atoms with Gasteiger partial charge in [-0.15, -0.1) is 4.41 Å². The second-order valence-electron chi connectivity index (χ2n) is 7.21. The van der Waals surface area contributed by atoms with Gasteiger partial charge in [0.2, 0.25) is 10.0 Å². The topological polar surface area (TPSA) is 75.7 Å². The molecule has 2 aromatic rings. The Balaban J connectivity index is 1.51. The molecule has 0 spiro atoms. The van der Waals surface area contributed by atoms with Crippen LogP contribution in [0.1, 0.15) is 36.8 Å². The van der Waals surface area contributed by atoms with Gasteiger partial charge in [-0.3, -0.25) is 4.79 Å². The lowest BCUT2D eigenvalue weighted by Gasteiger charge is -2.33. The van der Waals surface area contributed by atoms with E-state index in [1.165, 1.54) is 5.56 Å². The van der Waals surface area contributed by atoms with Gasteiger partial charge in [0.1, 0.15) is 6.04 Å². The van der Waals surface area contributed by atoms with Crippen LogP contribution in [-0.2, 0) is 31.7 Å². The number of carbonyl (C=O) groups is 1. The van der Waals surface area contributed by atoms with E-state index in [4.69, 9.17) is 4.74 Å². The number of nitrogens with one attached hydrogen (secondary N) is 1. The third kappa shape index (κ3) is 6.39. The summed E-state index contributed by atoms with van der Waals surface area (Å²) in [5.41, 5.74) is 4.82. The summed E-state index contributed by atoms with van der Waals surface area (Å²) in [7, 11) is -3.68. The Morgan fingerprint density at radius 3 is 2.34 bits per heavy atom. The van der Waals surface area contributed by atoms with Crippen LogP contribution in [0.15, 0.2) is 60.7 Å². The first-order valence-electron chi connectivity index (χ1n) is 10.1. The molecule has 1 fully saturated rings. The summed E-state index contributed by atoms with van der Waals surface area (Å²) in [5.74, 6) is -0.629. The van der Waals surface area contributed by atoms with Crippen molar-refractivity contribution >= 4 is 16.0 Å². The number of hydrogen-bond donors (Lipinski definition) is 1. The average molecular weight is 417 g/mol. The Morgan fingerprint density at radius 2 is 1.66 bits per heavy atom. The third-order valence-corrected chi connectivity index (χ3v) is 6.60. The summed E-state index contributed by atoms with van der Waals surface area (Å²) in [5, 5.41) is 0. The molecule has 1 aliphatic rings. The molecule has 2 aromatic carbocycles. The molecule has 7 heteroatoms. The molecule has 1 atom stereocenters. The van der Waals surface area contributed by atoms with Crippen LogP contribution >= 0.6 is 0 Å². The van der Waals surface area contributed by atoms with Crippen LogP contribution < -0.4 is 5.43 Å². The smallest absolute Gasteiger partial charge is 0.326 e. The van der Waals surface area contributed by atoms with Crippen molar-refractivity contribution in [2.45, 2.75) is 43.9 Å². The lowest BCUT2D eigenvalue weighted by Crippen LogP contribution is -2.56. The molecule has 1 saturated heterocycles. The first-order valence-corrected chi connectivity index (χ1v) is 11.7. The molecule has 0 amide bonds. The lowest BCUT2D eigenvalue weighted by atomic mass is 10.1. The molecule has 156 valence electrons. The maximum Gasteiger partial charge on any atom is 0.326 e. The van der Waals surface area contributed by atoms with Crippen LogP contribution in [0.3, 0.4) is 0 Å². The van der Waals surface area contributed by atoms with Crippen molar-refractivity contribution in [2.24, 2.45) is 0 Å². The van der Waals surface area contributed by atoms with E-state index in [1.54, 1.807) is 24.3 Å². The van der Waals surface area contributed by atoms with Gasteiger partial charge in [0.15, 0.2) is 0 Å². The van der Waals surface area contributed by atoms with Gasteiger partial charge in [-0.25, -0.2) is 13.8 Å². The Labute approximate surface area is 172 Å². The molecule has 1 heterocycles. The van der Waals surface area contributed by atoms with Crippen molar-refractivity contribution in [3.63, 3.8) is 0 Å². The van der Waals surface area contributed by atoms with Crippen LogP contribution in [0.4, 0.5) is 0 Å². The van der Waals surface area contributed by atoms with E-state index in [9.17, 15) is 13.2 Å². The zero-order chi connectivity index (χ0) is 20.5. The van der Waals surface area contributed by atoms with E-state index < -0.39 is 22.0 Å². The Bertz CT molecular complexity index is 872. The van der Waals surface area contributed by atoms with Crippen molar-refractivity contribution in [1.29, 1.82) is 0 Å². The van der Waals surface area contributed by atoms with Gasteiger partial charge in [-0.1, -0.05) is 60.7 Å². The molecule has 0 saturated carbocycles. The quantitative estimate of drug-likeness (QED) is 0.502. The lowest BCUT2D eigenvalue weighted by molar-refractivity contribution is -0.150. The molecule has 1 unspecified atom stereocenters. The van der Waals surface area contributed by atoms with Crippen molar-refractivity contribution in [3.05, 3.63) is 71.8 Å². The first kappa shape index (κ1) is 21.5. The number of hydrazine groups is 1. The number of ether oxygens (including phenoxy) is 1. The Morgan fingerprint density at radius 1 is 1.00 bits per heavy atom. The highest BCUT2D eigenvalue weighted by Gasteiger charge is 2.37. The summed E-state index contributed by atoms with van der Waals surface area (Å²) in [6.07, 6.45) is 3.78. The minimum Gasteiger partial charge on any atom is -0.464 e. The van der Waals surface area contributed by atoms with E-state index in [2.05, 4.69) is 17.6 Å². The summed E-state index contributed by atoms with van der Waals surface area (Å²) in [6, 6.07) is 18.3. The average Bonchev–Trinajstić information content (AvgIpc) is 2.74. The van der Waals surface area contributed by atoms with E-state index in [0.29, 0.717) is 25.1 Å². The van der Waals surface area contributed by atoms with Crippen LogP contribution in [0.5, 0.6) is 0 Å². The number of aryl methyl sites for hydroxylation is 1. The van der Waals surface area contributed by atoms with Crippen molar-refractivity contribution < 1.29 is 17.9 Å². The first-order chi connectivity index (χ1) is 14.1. The number of hydrogen-bond acceptors (Lipinski definition) is 5. The predicted molar refractivity (Wildman–Crippen MR) is 112 cm³/mol. The maximum absolute atomic E-state index is 12.9. The highest BCUT2D eigenvalue weighted by Crippen LogP contribution is 2.19. The number of esters is 1. The van der Waals surface area contributed by atoms with Gasteiger partial charge >= 0.3 is 5.97 Å². The zero-order valence-corrected chi connectivity index (χ0v) is 17.3. The third-order valence-electron chi connectivity index (χ3n) is 4.92. The minimum atomic E-state index is -3.68. The second kappa shape index (κ2) is 10.5. The van der Waals surface area contributed by atoms with Gasteiger partial charge in [-0.2, -0.15) is 0 Å². The monoisotopic (exact) mass is 416 g/mol. The SMILES string of the molecule is O=C(OCCCCc1ccccc1)C1CCCNN1S(=O)(=O)Cc1ccccc1. The Hall–Kier alpha value is -2.22. The molecular formula is C22H28N2O4S. The normalized spacial score (nSPS) is 17.7. The number of sulfonamides is 1. The van der Waals surface area contributed by atoms with E-state index >= 15 is 0 Å². The number of carbonyl (C=O) groups excluding carboxylic acids is 1. The molecule has 6 nitrogen and oxygen atoms in total. The van der Waals surface area contributed by atoms with Gasteiger partial charge in [0, 0.05) is 6.54 Å². The molecule has 0 radical (unpaired) electrons. The van der Waals surface area contributed by atoms with Crippen molar-refractivity contribution in [3.8, 4) is 0 Å². The minimum absolute atomic E-state index is 0.151. The van der Waals surface area contributed by atoms with Gasteiger partial charge in [0.05, 0.1) is 12.4 Å². The molecular weight excluding hydrogens is 388 g/mol. The second-order valence-corrected chi connectivity index (χ2v) is 9.06. The number of benzene rings is 2. The fraction of sp³-hybridized carbons (Fsp3) is 0.409. The molecule has 0 aromatic heterocycles. The number of unbranched alkanes of at least 4 members (excludes halogenated alkanes) is 1. The highest BCUT2D eigenvalue weighted by atomic mass is 32.2. The molecule has 0 aliphatic carbocycles. The standard InChI is InChI=1S/C22H28N2O4S/c25-22(28-17-8-7-12-19-10-3-1-4-11-19)21-15-9-16-23-24(21)29(26,27)18-20-13-5-2-6-14-20/h1-6,10-11,13-14,21,23H,7-9,12,15-18H2. The van der Waals surface area contributed by atoms with Gasteiger partial charge < -0.3 is 4.74 Å². The van der Waals surface area contributed by atoms with Crippen LogP contribution in [0, 0.1) is 0 Å². The van der Waals surface area contributed by atoms with E-state index in [0.717, 1.165) is 30.1 Å². The predicted octanol–water partition coefficient (Wildman–Crippen LogP) is 3.05. The van der Waals surface area contributed by atoms with Crippen LogP contribution in [0.25, 0.3) is 0 Å². The summed E-state index contributed by atoms with van der Waals surface area (Å²) in [4.78, 5) is 12.6. The van der Waals surface area contributed by atoms with Gasteiger partial charge in [-0.05, 0) is 43.2 Å². The Kier molecular flexibility index (Phi) is 7.80. The summed E-state index contributed by atoms with van der Waals surface area (Å²) >= 11 is 0. The van der Waals surface area contributed by atoms with E-state index in [1.807, 2.05) is 24.3 Å². The largest absolute Gasteiger partial charge is 0.464 e. The number of rotatable bonds is 9. The van der Waals surface area contributed by atoms with Crippen molar-refractivity contribution in [1.82, 2.24) is 9.84 Å². The van der Waals surface area contributed by atoms with Crippen LogP contribution in [-0.4, -0.2) is 38.0 Å². The number of nitrogens with zero attached hydrogens (tertiary/aromatic N) is 1. The fourth-order valence-corrected chi connectivity index (χ4v) is 5.04.